The molecule has 0 spiro atoms. The van der Waals surface area contributed by atoms with Crippen LogP contribution in [-0.4, -0.2) is 35.6 Å². The van der Waals surface area contributed by atoms with Gasteiger partial charge in [0.1, 0.15) is 11.4 Å². The Morgan fingerprint density at radius 3 is 2.85 bits per heavy atom. The van der Waals surface area contributed by atoms with Crippen molar-refractivity contribution in [3.63, 3.8) is 0 Å². The molecule has 4 nitrogen and oxygen atoms in total. The van der Waals surface area contributed by atoms with Crippen LogP contribution in [0.2, 0.25) is 0 Å². The second-order valence-electron chi connectivity index (χ2n) is 5.28. The van der Waals surface area contributed by atoms with Gasteiger partial charge in [-0.25, -0.2) is 0 Å². The first-order valence-electron chi connectivity index (χ1n) is 6.71. The lowest BCUT2D eigenvalue weighted by Crippen LogP contribution is -2.48. The molecule has 1 aliphatic rings. The van der Waals surface area contributed by atoms with Crippen LogP contribution in [0.3, 0.4) is 0 Å². The standard InChI is InChI=1S/C14H20N2O2S2/c1-9(2)6-11(13(18)15-3)16-12(17)8-20-14(16)10-4-5-19-7-10/h4-5,7,9,11,14H,6,8H2,1-3H3,(H,15,18). The number of carbonyl (C=O) groups is 2. The van der Waals surface area contributed by atoms with Crippen LogP contribution < -0.4 is 5.32 Å². The first kappa shape index (κ1) is 15.4. The fourth-order valence-corrected chi connectivity index (χ4v) is 4.38. The van der Waals surface area contributed by atoms with Gasteiger partial charge in [0.2, 0.25) is 11.8 Å². The first-order valence-corrected chi connectivity index (χ1v) is 8.70. The molecule has 1 aromatic rings. The molecule has 0 saturated carbocycles. The fourth-order valence-electron chi connectivity index (χ4n) is 2.41. The van der Waals surface area contributed by atoms with Gasteiger partial charge in [0.05, 0.1) is 5.75 Å². The minimum atomic E-state index is -0.382. The molecule has 0 aliphatic carbocycles. The summed E-state index contributed by atoms with van der Waals surface area (Å²) in [6, 6.07) is 1.65. The smallest absolute Gasteiger partial charge is 0.242 e. The van der Waals surface area contributed by atoms with E-state index in [0.29, 0.717) is 18.1 Å². The third kappa shape index (κ3) is 3.17. The molecule has 2 rings (SSSR count). The first-order chi connectivity index (χ1) is 9.54. The predicted octanol–water partition coefficient (Wildman–Crippen LogP) is 2.48. The number of rotatable bonds is 5. The molecule has 2 heterocycles. The van der Waals surface area contributed by atoms with E-state index in [1.54, 1.807) is 35.0 Å². The highest BCUT2D eigenvalue weighted by Crippen LogP contribution is 2.41. The van der Waals surface area contributed by atoms with Crippen LogP contribution in [0.25, 0.3) is 0 Å². The Labute approximate surface area is 127 Å². The van der Waals surface area contributed by atoms with Crippen LogP contribution >= 0.6 is 23.1 Å². The van der Waals surface area contributed by atoms with Gasteiger partial charge in [0.25, 0.3) is 0 Å². The van der Waals surface area contributed by atoms with Gasteiger partial charge in [0.15, 0.2) is 0 Å². The van der Waals surface area contributed by atoms with Crippen molar-refractivity contribution < 1.29 is 9.59 Å². The highest BCUT2D eigenvalue weighted by Gasteiger charge is 2.40. The van der Waals surface area contributed by atoms with Gasteiger partial charge >= 0.3 is 0 Å². The van der Waals surface area contributed by atoms with Gasteiger partial charge in [-0.2, -0.15) is 11.3 Å². The Kier molecular flexibility index (Phi) is 5.10. The van der Waals surface area contributed by atoms with Crippen molar-refractivity contribution in [2.75, 3.05) is 12.8 Å². The number of nitrogens with zero attached hydrogens (tertiary/aromatic N) is 1. The molecule has 2 unspecified atom stereocenters. The molecule has 1 saturated heterocycles. The minimum absolute atomic E-state index is 0.0326. The Bertz CT molecular complexity index is 474. The normalized spacial score (nSPS) is 20.5. The van der Waals surface area contributed by atoms with Crippen molar-refractivity contribution in [2.45, 2.75) is 31.7 Å². The van der Waals surface area contributed by atoms with E-state index in [1.807, 2.05) is 11.4 Å². The maximum absolute atomic E-state index is 12.3. The summed E-state index contributed by atoms with van der Waals surface area (Å²) < 4.78 is 0. The number of nitrogens with one attached hydrogen (secondary N) is 1. The summed E-state index contributed by atoms with van der Waals surface area (Å²) in [5.74, 6) is 0.792. The molecule has 0 bridgehead atoms. The van der Waals surface area contributed by atoms with Gasteiger partial charge < -0.3 is 10.2 Å². The number of likely N-dealkylation sites (N-methyl/N-ethyl adjacent to an activating group) is 1. The third-order valence-corrected chi connectivity index (χ3v) is 5.24. The van der Waals surface area contributed by atoms with Gasteiger partial charge in [-0.15, -0.1) is 11.8 Å². The highest BCUT2D eigenvalue weighted by atomic mass is 32.2. The van der Waals surface area contributed by atoms with Gasteiger partial charge in [-0.1, -0.05) is 13.8 Å². The van der Waals surface area contributed by atoms with Crippen molar-refractivity contribution >= 4 is 34.9 Å². The van der Waals surface area contributed by atoms with Crippen molar-refractivity contribution in [2.24, 2.45) is 5.92 Å². The third-order valence-electron chi connectivity index (χ3n) is 3.31. The number of hydrogen-bond donors (Lipinski definition) is 1. The zero-order valence-electron chi connectivity index (χ0n) is 12.0. The molecule has 0 radical (unpaired) electrons. The van der Waals surface area contributed by atoms with E-state index in [0.717, 1.165) is 5.56 Å². The lowest BCUT2D eigenvalue weighted by Gasteiger charge is -2.32. The van der Waals surface area contributed by atoms with Crippen LogP contribution in [0, 0.1) is 5.92 Å². The monoisotopic (exact) mass is 312 g/mol. The van der Waals surface area contributed by atoms with Crippen LogP contribution in [-0.2, 0) is 9.59 Å². The van der Waals surface area contributed by atoms with Crippen LogP contribution in [0.1, 0.15) is 31.2 Å². The lowest BCUT2D eigenvalue weighted by atomic mass is 10.0. The predicted molar refractivity (Wildman–Crippen MR) is 83.7 cm³/mol. The molecule has 2 amide bonds. The van der Waals surface area contributed by atoms with Gasteiger partial charge in [-0.05, 0) is 34.7 Å². The Morgan fingerprint density at radius 2 is 2.30 bits per heavy atom. The van der Waals surface area contributed by atoms with E-state index >= 15 is 0 Å². The average Bonchev–Trinajstić information content (AvgIpc) is 3.04. The quantitative estimate of drug-likeness (QED) is 0.909. The number of carbonyl (C=O) groups excluding carboxylic acids is 2. The van der Waals surface area contributed by atoms with Crippen LogP contribution in [0.5, 0.6) is 0 Å². The number of hydrogen-bond acceptors (Lipinski definition) is 4. The summed E-state index contributed by atoms with van der Waals surface area (Å²) >= 11 is 3.22. The topological polar surface area (TPSA) is 49.4 Å². The average molecular weight is 312 g/mol. The number of thioether (sulfide) groups is 1. The van der Waals surface area contributed by atoms with Crippen molar-refractivity contribution in [1.82, 2.24) is 10.2 Å². The van der Waals surface area contributed by atoms with Crippen molar-refractivity contribution in [3.05, 3.63) is 22.4 Å². The number of thiophene rings is 1. The summed E-state index contributed by atoms with van der Waals surface area (Å²) in [5.41, 5.74) is 1.11. The second-order valence-corrected chi connectivity index (χ2v) is 7.13. The maximum Gasteiger partial charge on any atom is 0.242 e. The molecule has 1 fully saturated rings. The largest absolute Gasteiger partial charge is 0.357 e. The molecule has 6 heteroatoms. The zero-order chi connectivity index (χ0) is 14.7. The van der Waals surface area contributed by atoms with Gasteiger partial charge in [-0.3, -0.25) is 9.59 Å². The molecule has 1 aliphatic heterocycles. The van der Waals surface area contributed by atoms with Crippen LogP contribution in [0.4, 0.5) is 0 Å². The van der Waals surface area contributed by atoms with E-state index < -0.39 is 0 Å². The number of amides is 2. The molecule has 1 aromatic heterocycles. The molecule has 0 aromatic carbocycles. The summed E-state index contributed by atoms with van der Waals surface area (Å²) in [6.45, 7) is 4.15. The summed E-state index contributed by atoms with van der Waals surface area (Å²) in [4.78, 5) is 26.2. The summed E-state index contributed by atoms with van der Waals surface area (Å²) in [7, 11) is 1.63. The van der Waals surface area contributed by atoms with E-state index in [9.17, 15) is 9.59 Å². The highest BCUT2D eigenvalue weighted by molar-refractivity contribution is 8.00. The molecule has 20 heavy (non-hydrogen) atoms. The van der Waals surface area contributed by atoms with Crippen LogP contribution in [0.15, 0.2) is 16.8 Å². The lowest BCUT2D eigenvalue weighted by molar-refractivity contribution is -0.139. The Morgan fingerprint density at radius 1 is 1.55 bits per heavy atom. The summed E-state index contributed by atoms with van der Waals surface area (Å²) in [5, 5.41) is 6.72. The second kappa shape index (κ2) is 6.63. The Balaban J connectivity index is 2.28. The molecule has 110 valence electrons. The Hall–Kier alpha value is -1.01. The molecule has 1 N–H and O–H groups in total. The van der Waals surface area contributed by atoms with Crippen molar-refractivity contribution in [1.29, 1.82) is 0 Å². The zero-order valence-corrected chi connectivity index (χ0v) is 13.6. The van der Waals surface area contributed by atoms with E-state index in [1.165, 1.54) is 0 Å². The molecular weight excluding hydrogens is 292 g/mol. The molecule has 2 atom stereocenters. The minimum Gasteiger partial charge on any atom is -0.357 e. The maximum atomic E-state index is 12.3. The molecular formula is C14H20N2O2S2. The SMILES string of the molecule is CNC(=O)C(CC(C)C)N1C(=O)CSC1c1ccsc1. The van der Waals surface area contributed by atoms with E-state index in [2.05, 4.69) is 24.5 Å². The van der Waals surface area contributed by atoms with E-state index in [-0.39, 0.29) is 23.2 Å². The van der Waals surface area contributed by atoms with Crippen molar-refractivity contribution in [3.8, 4) is 0 Å². The van der Waals surface area contributed by atoms with Gasteiger partial charge in [0, 0.05) is 7.05 Å². The van der Waals surface area contributed by atoms with E-state index in [4.69, 9.17) is 0 Å². The fraction of sp³-hybridized carbons (Fsp3) is 0.571. The summed E-state index contributed by atoms with van der Waals surface area (Å²) in [6.07, 6.45) is 0.687.